The molecule has 0 bridgehead atoms. The lowest BCUT2D eigenvalue weighted by Gasteiger charge is -2.09. The highest BCUT2D eigenvalue weighted by atomic mass is 32.2. The van der Waals surface area contributed by atoms with Crippen molar-refractivity contribution in [3.8, 4) is 0 Å². The minimum atomic E-state index is -3.83. The Kier molecular flexibility index (Phi) is 3.63. The molecule has 0 aliphatic heterocycles. The molecule has 0 spiro atoms. The number of sulfonamides is 1. The molecule has 2 N–H and O–H groups in total. The summed E-state index contributed by atoms with van der Waals surface area (Å²) in [5, 5.41) is 8.84. The minimum Gasteiger partial charge on any atom is -0.478 e. The topological polar surface area (TPSA) is 92.7 Å². The first-order valence-corrected chi connectivity index (χ1v) is 5.76. The molecule has 0 aromatic heterocycles. The average Bonchev–Trinajstić information content (AvgIpc) is 2.17. The van der Waals surface area contributed by atoms with E-state index in [1.54, 1.807) is 0 Å². The highest BCUT2D eigenvalue weighted by Gasteiger charge is 2.20. The Hall–Kier alpha value is -1.44. The van der Waals surface area contributed by atoms with Crippen LogP contribution in [0.25, 0.3) is 0 Å². The predicted octanol–water partition coefficient (Wildman–Crippen LogP) is 0.533. The third kappa shape index (κ3) is 2.38. The third-order valence-corrected chi connectivity index (χ3v) is 3.40. The van der Waals surface area contributed by atoms with Gasteiger partial charge in [0.05, 0.1) is 17.6 Å². The summed E-state index contributed by atoms with van der Waals surface area (Å²) in [4.78, 5) is 16.9. The van der Waals surface area contributed by atoms with Gasteiger partial charge in [0.15, 0.2) is 0 Å². The molecule has 0 aliphatic rings. The zero-order chi connectivity index (χ0) is 12.3. The highest BCUT2D eigenvalue weighted by molar-refractivity contribution is 7.89. The van der Waals surface area contributed by atoms with E-state index in [0.717, 1.165) is 7.11 Å². The van der Waals surface area contributed by atoms with Gasteiger partial charge in [-0.1, -0.05) is 11.0 Å². The van der Waals surface area contributed by atoms with Crippen molar-refractivity contribution in [3.63, 3.8) is 0 Å². The first-order chi connectivity index (χ1) is 7.40. The van der Waals surface area contributed by atoms with Gasteiger partial charge in [0.2, 0.25) is 0 Å². The fourth-order valence-corrected chi connectivity index (χ4v) is 2.37. The maximum absolute atomic E-state index is 11.6. The van der Waals surface area contributed by atoms with E-state index in [-0.39, 0.29) is 16.0 Å². The van der Waals surface area contributed by atoms with Gasteiger partial charge < -0.3 is 5.11 Å². The molecule has 1 rings (SSSR count). The Labute approximate surface area is 92.9 Å². The molecule has 16 heavy (non-hydrogen) atoms. The van der Waals surface area contributed by atoms with Gasteiger partial charge in [0.25, 0.3) is 10.0 Å². The van der Waals surface area contributed by atoms with E-state index in [2.05, 4.69) is 4.84 Å². The average molecular weight is 245 g/mol. The standard InChI is InChI=1S/C9H11NO5S/c1-6-7(9(11)12)4-3-5-8(6)16(13,14)10-15-2/h3-5,10H,1-2H3,(H,11,12). The van der Waals surface area contributed by atoms with Gasteiger partial charge in [-0.3, -0.25) is 4.84 Å². The molecule has 0 fully saturated rings. The second kappa shape index (κ2) is 4.60. The van der Waals surface area contributed by atoms with Crippen molar-refractivity contribution in [2.24, 2.45) is 0 Å². The van der Waals surface area contributed by atoms with Crippen LogP contribution in [0.3, 0.4) is 0 Å². The first-order valence-electron chi connectivity index (χ1n) is 4.28. The number of carboxylic acid groups (broad SMARTS) is 1. The molecular formula is C9H11NO5S. The van der Waals surface area contributed by atoms with Crippen molar-refractivity contribution in [2.45, 2.75) is 11.8 Å². The minimum absolute atomic E-state index is 0.0565. The zero-order valence-corrected chi connectivity index (χ0v) is 9.54. The van der Waals surface area contributed by atoms with Crippen LogP contribution in [0.15, 0.2) is 23.1 Å². The summed E-state index contributed by atoms with van der Waals surface area (Å²) < 4.78 is 23.2. The lowest BCUT2D eigenvalue weighted by atomic mass is 10.1. The molecule has 7 heteroatoms. The number of hydrogen-bond donors (Lipinski definition) is 2. The predicted molar refractivity (Wildman–Crippen MR) is 55.5 cm³/mol. The summed E-state index contributed by atoms with van der Waals surface area (Å²) >= 11 is 0. The van der Waals surface area contributed by atoms with Crippen molar-refractivity contribution < 1.29 is 23.2 Å². The summed E-state index contributed by atoms with van der Waals surface area (Å²) in [5.41, 5.74) is 0.110. The van der Waals surface area contributed by atoms with Crippen LogP contribution in [-0.2, 0) is 14.9 Å². The smallest absolute Gasteiger partial charge is 0.335 e. The van der Waals surface area contributed by atoms with Crippen LogP contribution >= 0.6 is 0 Å². The van der Waals surface area contributed by atoms with Crippen molar-refractivity contribution in [2.75, 3.05) is 7.11 Å². The quantitative estimate of drug-likeness (QED) is 0.755. The number of carbonyl (C=O) groups is 1. The number of nitrogens with one attached hydrogen (secondary N) is 1. The molecule has 0 heterocycles. The van der Waals surface area contributed by atoms with Gasteiger partial charge in [-0.05, 0) is 24.6 Å². The summed E-state index contributed by atoms with van der Waals surface area (Å²) in [7, 11) is -2.67. The molecule has 6 nitrogen and oxygen atoms in total. The molecular weight excluding hydrogens is 234 g/mol. The van der Waals surface area contributed by atoms with Crippen molar-refractivity contribution in [3.05, 3.63) is 29.3 Å². The number of rotatable bonds is 4. The van der Waals surface area contributed by atoms with E-state index in [1.807, 2.05) is 4.89 Å². The molecule has 0 radical (unpaired) electrons. The van der Waals surface area contributed by atoms with Gasteiger partial charge in [-0.2, -0.15) is 0 Å². The lowest BCUT2D eigenvalue weighted by Crippen LogP contribution is -2.23. The highest BCUT2D eigenvalue weighted by Crippen LogP contribution is 2.18. The second-order valence-electron chi connectivity index (χ2n) is 3.02. The second-order valence-corrected chi connectivity index (χ2v) is 4.64. The van der Waals surface area contributed by atoms with Crippen molar-refractivity contribution in [1.29, 1.82) is 0 Å². The normalized spacial score (nSPS) is 11.4. The Morgan fingerprint density at radius 2 is 2.06 bits per heavy atom. The van der Waals surface area contributed by atoms with Crippen LogP contribution in [0.5, 0.6) is 0 Å². The number of carboxylic acids is 1. The van der Waals surface area contributed by atoms with Crippen molar-refractivity contribution in [1.82, 2.24) is 4.89 Å². The fraction of sp³-hybridized carbons (Fsp3) is 0.222. The zero-order valence-electron chi connectivity index (χ0n) is 8.72. The van der Waals surface area contributed by atoms with E-state index in [1.165, 1.54) is 25.1 Å². The van der Waals surface area contributed by atoms with Crippen LogP contribution in [0.4, 0.5) is 0 Å². The van der Waals surface area contributed by atoms with E-state index < -0.39 is 16.0 Å². The molecule has 88 valence electrons. The van der Waals surface area contributed by atoms with Gasteiger partial charge in [-0.15, -0.1) is 0 Å². The van der Waals surface area contributed by atoms with Crippen LogP contribution in [0.2, 0.25) is 0 Å². The molecule has 0 atom stereocenters. The maximum Gasteiger partial charge on any atom is 0.335 e. The molecule has 1 aromatic carbocycles. The molecule has 0 saturated carbocycles. The number of aromatic carboxylic acids is 1. The Bertz CT molecular complexity index is 509. The van der Waals surface area contributed by atoms with Crippen LogP contribution in [-0.4, -0.2) is 26.6 Å². The van der Waals surface area contributed by atoms with E-state index in [0.29, 0.717) is 0 Å². The van der Waals surface area contributed by atoms with Crippen LogP contribution in [0, 0.1) is 6.92 Å². The molecule has 0 unspecified atom stereocenters. The van der Waals surface area contributed by atoms with E-state index in [9.17, 15) is 13.2 Å². The van der Waals surface area contributed by atoms with Crippen LogP contribution < -0.4 is 4.89 Å². The monoisotopic (exact) mass is 245 g/mol. The number of hydrogen-bond acceptors (Lipinski definition) is 4. The van der Waals surface area contributed by atoms with Gasteiger partial charge >= 0.3 is 5.97 Å². The van der Waals surface area contributed by atoms with Gasteiger partial charge in [0.1, 0.15) is 0 Å². The van der Waals surface area contributed by atoms with E-state index >= 15 is 0 Å². The molecule has 0 saturated heterocycles. The summed E-state index contributed by atoms with van der Waals surface area (Å²) in [6.07, 6.45) is 0. The maximum atomic E-state index is 11.6. The molecule has 1 aromatic rings. The third-order valence-electron chi connectivity index (χ3n) is 2.00. The lowest BCUT2D eigenvalue weighted by molar-refractivity contribution is 0.0696. The first kappa shape index (κ1) is 12.6. The Morgan fingerprint density at radius 3 is 2.56 bits per heavy atom. The summed E-state index contributed by atoms with van der Waals surface area (Å²) in [6.45, 7) is 1.42. The van der Waals surface area contributed by atoms with Gasteiger partial charge in [-0.25, -0.2) is 13.2 Å². The van der Waals surface area contributed by atoms with Gasteiger partial charge in [0, 0.05) is 0 Å². The SMILES string of the molecule is CONS(=O)(=O)c1cccc(C(=O)O)c1C. The summed E-state index contributed by atoms with van der Waals surface area (Å²) in [6, 6.07) is 4.01. The van der Waals surface area contributed by atoms with Crippen LogP contribution in [0.1, 0.15) is 15.9 Å². The number of benzene rings is 1. The fourth-order valence-electron chi connectivity index (χ4n) is 1.29. The van der Waals surface area contributed by atoms with E-state index in [4.69, 9.17) is 5.11 Å². The van der Waals surface area contributed by atoms with Crippen molar-refractivity contribution >= 4 is 16.0 Å². The Balaban J connectivity index is 3.37. The molecule has 0 amide bonds. The largest absolute Gasteiger partial charge is 0.478 e. The summed E-state index contributed by atoms with van der Waals surface area (Å²) in [5.74, 6) is -1.17. The Morgan fingerprint density at radius 1 is 1.44 bits per heavy atom. The molecule has 0 aliphatic carbocycles.